The molecule has 29 heavy (non-hydrogen) atoms. The summed E-state index contributed by atoms with van der Waals surface area (Å²) in [5.41, 5.74) is 1.92. The molecule has 0 radical (unpaired) electrons. The first-order valence-corrected chi connectivity index (χ1v) is 8.73. The number of phenolic OH excluding ortho intramolecular Hbond substituents is 1. The van der Waals surface area contributed by atoms with Crippen molar-refractivity contribution in [1.29, 1.82) is 5.26 Å². The molecule has 2 N–H and O–H groups in total. The van der Waals surface area contributed by atoms with E-state index in [1.807, 2.05) is 6.07 Å². The predicted octanol–water partition coefficient (Wildman–Crippen LogP) is 4.66. The lowest BCUT2D eigenvalue weighted by molar-refractivity contribution is -0.112. The SMILES string of the molecule is N#C/C(=C\c1ccc(OCc2ccc(F)cc2)cc1)C(=O)Nc1ccc(O)cc1. The second-order valence-electron chi connectivity index (χ2n) is 6.15. The van der Waals surface area contributed by atoms with E-state index in [0.29, 0.717) is 23.6 Å². The highest BCUT2D eigenvalue weighted by Gasteiger charge is 2.09. The highest BCUT2D eigenvalue weighted by atomic mass is 19.1. The molecule has 0 spiro atoms. The number of nitrogens with zero attached hydrogens (tertiary/aromatic N) is 1. The van der Waals surface area contributed by atoms with Crippen molar-refractivity contribution in [2.24, 2.45) is 0 Å². The van der Waals surface area contributed by atoms with Crippen LogP contribution >= 0.6 is 0 Å². The second kappa shape index (κ2) is 9.20. The van der Waals surface area contributed by atoms with E-state index in [1.165, 1.54) is 42.5 Å². The van der Waals surface area contributed by atoms with Gasteiger partial charge in [-0.3, -0.25) is 4.79 Å². The van der Waals surface area contributed by atoms with Crippen LogP contribution in [0.25, 0.3) is 6.08 Å². The fraction of sp³-hybridized carbons (Fsp3) is 0.0435. The van der Waals surface area contributed by atoms with Crippen LogP contribution in [0.5, 0.6) is 11.5 Å². The molecule has 3 aromatic rings. The van der Waals surface area contributed by atoms with E-state index >= 15 is 0 Å². The summed E-state index contributed by atoms with van der Waals surface area (Å²) in [5.74, 6) is -0.151. The summed E-state index contributed by atoms with van der Waals surface area (Å²) in [5, 5.41) is 21.2. The van der Waals surface area contributed by atoms with Gasteiger partial charge in [0.25, 0.3) is 5.91 Å². The number of amides is 1. The van der Waals surface area contributed by atoms with Gasteiger partial charge in [0.2, 0.25) is 0 Å². The average Bonchev–Trinajstić information content (AvgIpc) is 2.74. The normalized spacial score (nSPS) is 10.8. The van der Waals surface area contributed by atoms with Crippen LogP contribution in [0, 0.1) is 17.1 Å². The first-order valence-electron chi connectivity index (χ1n) is 8.73. The Balaban J connectivity index is 1.63. The van der Waals surface area contributed by atoms with Crippen molar-refractivity contribution < 1.29 is 19.0 Å². The Labute approximate surface area is 167 Å². The van der Waals surface area contributed by atoms with Gasteiger partial charge in [0.1, 0.15) is 35.6 Å². The van der Waals surface area contributed by atoms with Gasteiger partial charge in [0.15, 0.2) is 0 Å². The zero-order chi connectivity index (χ0) is 20.6. The molecule has 0 bridgehead atoms. The number of phenols is 1. The second-order valence-corrected chi connectivity index (χ2v) is 6.15. The van der Waals surface area contributed by atoms with Gasteiger partial charge in [-0.2, -0.15) is 5.26 Å². The van der Waals surface area contributed by atoms with Crippen molar-refractivity contribution in [3.63, 3.8) is 0 Å². The Bertz CT molecular complexity index is 1050. The molecule has 144 valence electrons. The van der Waals surface area contributed by atoms with E-state index in [1.54, 1.807) is 36.4 Å². The largest absolute Gasteiger partial charge is 0.508 e. The van der Waals surface area contributed by atoms with Crippen LogP contribution in [0.2, 0.25) is 0 Å². The number of hydrogen-bond donors (Lipinski definition) is 2. The molecule has 0 aromatic heterocycles. The number of aromatic hydroxyl groups is 1. The number of carbonyl (C=O) groups excluding carboxylic acids is 1. The predicted molar refractivity (Wildman–Crippen MR) is 108 cm³/mol. The molecular weight excluding hydrogens is 371 g/mol. The Kier molecular flexibility index (Phi) is 6.23. The Hall–Kier alpha value is -4.11. The third kappa shape index (κ3) is 5.68. The van der Waals surface area contributed by atoms with E-state index in [-0.39, 0.29) is 17.1 Å². The maximum Gasteiger partial charge on any atom is 0.266 e. The van der Waals surface area contributed by atoms with Crippen molar-refractivity contribution in [2.75, 3.05) is 5.32 Å². The van der Waals surface area contributed by atoms with Gasteiger partial charge in [0.05, 0.1) is 0 Å². The molecule has 1 amide bonds. The monoisotopic (exact) mass is 388 g/mol. The summed E-state index contributed by atoms with van der Waals surface area (Å²) in [7, 11) is 0. The van der Waals surface area contributed by atoms with Crippen LogP contribution in [0.1, 0.15) is 11.1 Å². The van der Waals surface area contributed by atoms with Gasteiger partial charge >= 0.3 is 0 Å². The highest BCUT2D eigenvalue weighted by molar-refractivity contribution is 6.09. The van der Waals surface area contributed by atoms with Gasteiger partial charge in [-0.1, -0.05) is 24.3 Å². The molecule has 0 aliphatic heterocycles. The van der Waals surface area contributed by atoms with Crippen LogP contribution in [0.4, 0.5) is 10.1 Å². The van der Waals surface area contributed by atoms with Crippen LogP contribution < -0.4 is 10.1 Å². The number of hydrogen-bond acceptors (Lipinski definition) is 4. The minimum atomic E-state index is -0.546. The Morgan fingerprint density at radius 2 is 1.69 bits per heavy atom. The third-order valence-corrected chi connectivity index (χ3v) is 4.00. The lowest BCUT2D eigenvalue weighted by Crippen LogP contribution is -2.13. The first-order chi connectivity index (χ1) is 14.0. The fourth-order valence-corrected chi connectivity index (χ4v) is 2.47. The summed E-state index contributed by atoms with van der Waals surface area (Å²) >= 11 is 0. The van der Waals surface area contributed by atoms with Crippen molar-refractivity contribution in [2.45, 2.75) is 6.61 Å². The molecule has 0 saturated carbocycles. The molecule has 0 unspecified atom stereocenters. The number of ether oxygens (including phenoxy) is 1. The zero-order valence-electron chi connectivity index (χ0n) is 15.3. The molecule has 6 heteroatoms. The first kappa shape index (κ1) is 19.6. The summed E-state index contributed by atoms with van der Waals surface area (Å²) in [4.78, 5) is 12.3. The van der Waals surface area contributed by atoms with Crippen LogP contribution in [0.3, 0.4) is 0 Å². The van der Waals surface area contributed by atoms with Gasteiger partial charge in [-0.15, -0.1) is 0 Å². The smallest absolute Gasteiger partial charge is 0.266 e. The lowest BCUT2D eigenvalue weighted by Gasteiger charge is -2.07. The maximum absolute atomic E-state index is 12.9. The van der Waals surface area contributed by atoms with Gasteiger partial charge < -0.3 is 15.2 Å². The molecule has 5 nitrogen and oxygen atoms in total. The number of nitriles is 1. The van der Waals surface area contributed by atoms with E-state index in [2.05, 4.69) is 5.32 Å². The number of rotatable bonds is 6. The van der Waals surface area contributed by atoms with Crippen molar-refractivity contribution in [1.82, 2.24) is 0 Å². The average molecular weight is 388 g/mol. The number of carbonyl (C=O) groups is 1. The molecule has 3 rings (SSSR count). The molecule has 0 saturated heterocycles. The standard InChI is InChI=1S/C23H17FN2O3/c24-19-5-1-17(2-6-19)15-29-22-11-3-16(4-12-22)13-18(14-25)23(28)26-20-7-9-21(27)10-8-20/h1-13,27H,15H2,(H,26,28)/b18-13+. The van der Waals surface area contributed by atoms with E-state index in [0.717, 1.165) is 5.56 Å². The van der Waals surface area contributed by atoms with Crippen molar-refractivity contribution >= 4 is 17.7 Å². The van der Waals surface area contributed by atoms with E-state index in [4.69, 9.17) is 4.74 Å². The molecule has 0 aliphatic rings. The van der Waals surface area contributed by atoms with Crippen LogP contribution in [0.15, 0.2) is 78.4 Å². The zero-order valence-corrected chi connectivity index (χ0v) is 15.3. The highest BCUT2D eigenvalue weighted by Crippen LogP contribution is 2.18. The van der Waals surface area contributed by atoms with Crippen molar-refractivity contribution in [3.8, 4) is 17.6 Å². The summed E-state index contributed by atoms with van der Waals surface area (Å²) in [6, 6.07) is 20.8. The summed E-state index contributed by atoms with van der Waals surface area (Å²) < 4.78 is 18.6. The minimum Gasteiger partial charge on any atom is -0.508 e. The number of halogens is 1. The van der Waals surface area contributed by atoms with Crippen LogP contribution in [-0.2, 0) is 11.4 Å². The molecule has 0 heterocycles. The van der Waals surface area contributed by atoms with Crippen molar-refractivity contribution in [3.05, 3.63) is 95.3 Å². The summed E-state index contributed by atoms with van der Waals surface area (Å²) in [6.07, 6.45) is 1.47. The lowest BCUT2D eigenvalue weighted by atomic mass is 10.1. The summed E-state index contributed by atoms with van der Waals surface area (Å²) in [6.45, 7) is 0.300. The minimum absolute atomic E-state index is 0.0574. The number of benzene rings is 3. The van der Waals surface area contributed by atoms with Gasteiger partial charge in [-0.25, -0.2) is 4.39 Å². The topological polar surface area (TPSA) is 82.3 Å². The Morgan fingerprint density at radius 3 is 2.31 bits per heavy atom. The Morgan fingerprint density at radius 1 is 1.03 bits per heavy atom. The quantitative estimate of drug-likeness (QED) is 0.366. The van der Waals surface area contributed by atoms with Gasteiger partial charge in [0, 0.05) is 5.69 Å². The van der Waals surface area contributed by atoms with E-state index < -0.39 is 5.91 Å². The van der Waals surface area contributed by atoms with Crippen LogP contribution in [-0.4, -0.2) is 11.0 Å². The maximum atomic E-state index is 12.9. The molecule has 0 atom stereocenters. The number of anilines is 1. The third-order valence-electron chi connectivity index (χ3n) is 4.00. The fourth-order valence-electron chi connectivity index (χ4n) is 2.47. The van der Waals surface area contributed by atoms with E-state index in [9.17, 15) is 19.6 Å². The molecule has 0 aliphatic carbocycles. The number of nitrogens with one attached hydrogen (secondary N) is 1. The molecule has 3 aromatic carbocycles. The molecular formula is C23H17FN2O3. The van der Waals surface area contributed by atoms with Gasteiger partial charge in [-0.05, 0) is 65.7 Å². The molecule has 0 fully saturated rings.